The smallest absolute Gasteiger partial charge is 0.219 e. The minimum atomic E-state index is 0.128. The Kier molecular flexibility index (Phi) is 4.01. The van der Waals surface area contributed by atoms with E-state index in [2.05, 4.69) is 16.0 Å². The second-order valence-electron chi connectivity index (χ2n) is 6.12. The van der Waals surface area contributed by atoms with Crippen LogP contribution in [0.15, 0.2) is 48.8 Å². The number of anilines is 1. The first-order chi connectivity index (χ1) is 12.2. The van der Waals surface area contributed by atoms with Gasteiger partial charge in [-0.2, -0.15) is 0 Å². The van der Waals surface area contributed by atoms with E-state index in [1.165, 1.54) is 0 Å². The van der Waals surface area contributed by atoms with Crippen molar-refractivity contribution >= 4 is 22.6 Å². The van der Waals surface area contributed by atoms with Gasteiger partial charge >= 0.3 is 0 Å². The Morgan fingerprint density at radius 1 is 1.00 bits per heavy atom. The second-order valence-corrected chi connectivity index (χ2v) is 6.12. The van der Waals surface area contributed by atoms with Crippen molar-refractivity contribution in [1.29, 1.82) is 0 Å². The van der Waals surface area contributed by atoms with Crippen molar-refractivity contribution in [2.75, 3.05) is 31.1 Å². The Labute approximate surface area is 146 Å². The van der Waals surface area contributed by atoms with Crippen LogP contribution < -0.4 is 4.90 Å². The summed E-state index contributed by atoms with van der Waals surface area (Å²) in [5, 5.41) is 1.03. The molecule has 25 heavy (non-hydrogen) atoms. The van der Waals surface area contributed by atoms with Gasteiger partial charge in [-0.1, -0.05) is 12.1 Å². The summed E-state index contributed by atoms with van der Waals surface area (Å²) in [6.07, 6.45) is 3.52. The fraction of sp³-hybridized carbons (Fsp3) is 0.263. The van der Waals surface area contributed by atoms with E-state index in [0.717, 1.165) is 48.5 Å². The predicted molar refractivity (Wildman–Crippen MR) is 97.2 cm³/mol. The number of hydrogen-bond donors (Lipinski definition) is 0. The van der Waals surface area contributed by atoms with Crippen LogP contribution in [0.3, 0.4) is 0 Å². The topological polar surface area (TPSA) is 62.2 Å². The maximum Gasteiger partial charge on any atom is 0.219 e. The van der Waals surface area contributed by atoms with Gasteiger partial charge in [-0.3, -0.25) is 9.78 Å². The van der Waals surface area contributed by atoms with Gasteiger partial charge in [0, 0.05) is 56.4 Å². The van der Waals surface area contributed by atoms with Gasteiger partial charge < -0.3 is 9.80 Å². The van der Waals surface area contributed by atoms with Crippen molar-refractivity contribution in [2.24, 2.45) is 0 Å². The molecule has 1 aromatic carbocycles. The van der Waals surface area contributed by atoms with Crippen molar-refractivity contribution in [3.05, 3.63) is 48.8 Å². The number of para-hydroxylation sites is 1. The average Bonchev–Trinajstić information content (AvgIpc) is 2.68. The van der Waals surface area contributed by atoms with Crippen molar-refractivity contribution in [3.63, 3.8) is 0 Å². The number of carbonyl (C=O) groups excluding carboxylic acids is 1. The van der Waals surface area contributed by atoms with Crippen LogP contribution in [0.4, 0.5) is 5.82 Å². The van der Waals surface area contributed by atoms with Crippen molar-refractivity contribution < 1.29 is 4.79 Å². The molecule has 1 aliphatic rings. The zero-order chi connectivity index (χ0) is 17.2. The number of carbonyl (C=O) groups is 1. The highest BCUT2D eigenvalue weighted by Crippen LogP contribution is 2.28. The molecule has 0 unspecified atom stereocenters. The number of benzene rings is 1. The molecule has 4 rings (SSSR count). The lowest BCUT2D eigenvalue weighted by Crippen LogP contribution is -2.48. The molecule has 0 saturated carbocycles. The lowest BCUT2D eigenvalue weighted by atomic mass is 10.2. The maximum absolute atomic E-state index is 11.6. The molecule has 1 fully saturated rings. The molecule has 0 atom stereocenters. The molecule has 6 heteroatoms. The molecule has 1 amide bonds. The summed E-state index contributed by atoms with van der Waals surface area (Å²) in [6, 6.07) is 11.9. The summed E-state index contributed by atoms with van der Waals surface area (Å²) in [5.74, 6) is 1.73. The number of pyridine rings is 1. The Bertz CT molecular complexity index is 904. The van der Waals surface area contributed by atoms with E-state index in [0.29, 0.717) is 5.82 Å². The molecule has 3 heterocycles. The summed E-state index contributed by atoms with van der Waals surface area (Å²) < 4.78 is 0. The Hall–Kier alpha value is -3.02. The quantitative estimate of drug-likeness (QED) is 0.720. The molecule has 0 aliphatic carbocycles. The summed E-state index contributed by atoms with van der Waals surface area (Å²) in [7, 11) is 0. The van der Waals surface area contributed by atoms with E-state index in [1.807, 2.05) is 35.2 Å². The molecule has 3 aromatic rings. The number of aromatic nitrogens is 3. The first kappa shape index (κ1) is 15.5. The highest BCUT2D eigenvalue weighted by molar-refractivity contribution is 5.91. The number of piperazine rings is 1. The van der Waals surface area contributed by atoms with Crippen LogP contribution in [0.5, 0.6) is 0 Å². The third kappa shape index (κ3) is 3.03. The lowest BCUT2D eigenvalue weighted by molar-refractivity contribution is -0.129. The molecule has 6 nitrogen and oxygen atoms in total. The van der Waals surface area contributed by atoms with E-state index in [9.17, 15) is 4.79 Å². The van der Waals surface area contributed by atoms with Gasteiger partial charge in [-0.05, 0) is 24.3 Å². The third-order valence-corrected chi connectivity index (χ3v) is 4.53. The Morgan fingerprint density at radius 2 is 1.80 bits per heavy atom. The van der Waals surface area contributed by atoms with Crippen LogP contribution in [0.25, 0.3) is 22.3 Å². The summed E-state index contributed by atoms with van der Waals surface area (Å²) in [5.41, 5.74) is 1.82. The maximum atomic E-state index is 11.6. The zero-order valence-corrected chi connectivity index (χ0v) is 14.1. The van der Waals surface area contributed by atoms with Gasteiger partial charge in [0.25, 0.3) is 0 Å². The fourth-order valence-corrected chi connectivity index (χ4v) is 3.16. The second kappa shape index (κ2) is 6.47. The highest BCUT2D eigenvalue weighted by atomic mass is 16.2. The highest BCUT2D eigenvalue weighted by Gasteiger charge is 2.22. The molecular formula is C19H19N5O. The zero-order valence-electron chi connectivity index (χ0n) is 14.1. The molecule has 1 saturated heterocycles. The van der Waals surface area contributed by atoms with Crippen LogP contribution in [0, 0.1) is 0 Å². The van der Waals surface area contributed by atoms with Gasteiger partial charge in [0.1, 0.15) is 5.82 Å². The van der Waals surface area contributed by atoms with Crippen molar-refractivity contribution in [1.82, 2.24) is 19.9 Å². The van der Waals surface area contributed by atoms with Crippen molar-refractivity contribution in [2.45, 2.75) is 6.92 Å². The number of rotatable bonds is 2. The minimum absolute atomic E-state index is 0.128. The standard InChI is InChI=1S/C19H19N5O/c1-14(25)23-9-11-24(12-10-23)19-16-6-2-3-7-17(16)21-18(22-19)15-5-4-8-20-13-15/h2-8,13H,9-12H2,1H3. The Morgan fingerprint density at radius 3 is 2.52 bits per heavy atom. The number of fused-ring (bicyclic) bond motifs is 1. The predicted octanol–water partition coefficient (Wildman–Crippen LogP) is 2.36. The van der Waals surface area contributed by atoms with E-state index in [1.54, 1.807) is 19.3 Å². The van der Waals surface area contributed by atoms with Crippen LogP contribution in [-0.4, -0.2) is 51.9 Å². The van der Waals surface area contributed by atoms with Gasteiger partial charge in [-0.15, -0.1) is 0 Å². The number of amides is 1. The van der Waals surface area contributed by atoms with Gasteiger partial charge in [-0.25, -0.2) is 9.97 Å². The number of nitrogens with zero attached hydrogens (tertiary/aromatic N) is 5. The van der Waals surface area contributed by atoms with Gasteiger partial charge in [0.05, 0.1) is 5.52 Å². The van der Waals surface area contributed by atoms with Crippen LogP contribution in [-0.2, 0) is 4.79 Å². The normalized spacial score (nSPS) is 14.8. The molecular weight excluding hydrogens is 314 g/mol. The first-order valence-electron chi connectivity index (χ1n) is 8.40. The molecule has 126 valence electrons. The molecule has 0 N–H and O–H groups in total. The van der Waals surface area contributed by atoms with Crippen LogP contribution in [0.1, 0.15) is 6.92 Å². The monoisotopic (exact) mass is 333 g/mol. The van der Waals surface area contributed by atoms with Crippen LogP contribution in [0.2, 0.25) is 0 Å². The van der Waals surface area contributed by atoms with Crippen molar-refractivity contribution in [3.8, 4) is 11.4 Å². The first-order valence-corrected chi connectivity index (χ1v) is 8.40. The van der Waals surface area contributed by atoms with E-state index in [-0.39, 0.29) is 5.91 Å². The molecule has 1 aliphatic heterocycles. The minimum Gasteiger partial charge on any atom is -0.352 e. The third-order valence-electron chi connectivity index (χ3n) is 4.53. The summed E-state index contributed by atoms with van der Waals surface area (Å²) in [6.45, 7) is 4.60. The van der Waals surface area contributed by atoms with E-state index < -0.39 is 0 Å². The summed E-state index contributed by atoms with van der Waals surface area (Å²) >= 11 is 0. The fourth-order valence-electron chi connectivity index (χ4n) is 3.16. The average molecular weight is 333 g/mol. The van der Waals surface area contributed by atoms with E-state index >= 15 is 0 Å². The molecule has 2 aromatic heterocycles. The lowest BCUT2D eigenvalue weighted by Gasteiger charge is -2.35. The van der Waals surface area contributed by atoms with E-state index in [4.69, 9.17) is 9.97 Å². The molecule has 0 spiro atoms. The van der Waals surface area contributed by atoms with Crippen LogP contribution >= 0.6 is 0 Å². The Balaban J connectivity index is 1.76. The van der Waals surface area contributed by atoms with Gasteiger partial charge in [0.15, 0.2) is 5.82 Å². The largest absolute Gasteiger partial charge is 0.352 e. The number of hydrogen-bond acceptors (Lipinski definition) is 5. The van der Waals surface area contributed by atoms with Gasteiger partial charge in [0.2, 0.25) is 5.91 Å². The molecule has 0 radical (unpaired) electrons. The summed E-state index contributed by atoms with van der Waals surface area (Å²) in [4.78, 5) is 29.4. The molecule has 0 bridgehead atoms. The SMILES string of the molecule is CC(=O)N1CCN(c2nc(-c3cccnc3)nc3ccccc23)CC1.